The molecule has 0 heterocycles. The topological polar surface area (TPSA) is 35.2 Å². The Bertz CT molecular complexity index is 273. The zero-order chi connectivity index (χ0) is 11.8. The summed E-state index contributed by atoms with van der Waals surface area (Å²) >= 11 is 0. The van der Waals surface area contributed by atoms with Gasteiger partial charge < -0.3 is 10.5 Å². The highest BCUT2D eigenvalue weighted by molar-refractivity contribution is 5.19. The number of ether oxygens (including phenoxy) is 1. The second kappa shape index (κ2) is 7.42. The second-order valence-corrected chi connectivity index (χ2v) is 4.47. The molecule has 1 aromatic rings. The van der Waals surface area contributed by atoms with Crippen LogP contribution >= 0.6 is 0 Å². The average Bonchev–Trinajstić information content (AvgIpc) is 2.34. The highest BCUT2D eigenvalue weighted by Crippen LogP contribution is 2.24. The molecule has 2 unspecified atom stereocenters. The van der Waals surface area contributed by atoms with Gasteiger partial charge in [-0.2, -0.15) is 0 Å². The van der Waals surface area contributed by atoms with Crippen LogP contribution < -0.4 is 5.73 Å². The van der Waals surface area contributed by atoms with E-state index in [0.29, 0.717) is 11.8 Å². The fourth-order valence-corrected chi connectivity index (χ4v) is 2.02. The lowest BCUT2D eigenvalue weighted by atomic mass is 9.88. The van der Waals surface area contributed by atoms with Crippen LogP contribution in [0.3, 0.4) is 0 Å². The molecule has 90 valence electrons. The number of hydrogen-bond acceptors (Lipinski definition) is 2. The van der Waals surface area contributed by atoms with Gasteiger partial charge in [-0.15, -0.1) is 0 Å². The van der Waals surface area contributed by atoms with Crippen LogP contribution in [0.25, 0.3) is 0 Å². The third kappa shape index (κ3) is 4.33. The summed E-state index contributed by atoms with van der Waals surface area (Å²) in [7, 11) is 1.75. The molecule has 0 aliphatic rings. The van der Waals surface area contributed by atoms with Gasteiger partial charge in [-0.25, -0.2) is 0 Å². The van der Waals surface area contributed by atoms with Crippen molar-refractivity contribution < 1.29 is 4.74 Å². The van der Waals surface area contributed by atoms with E-state index in [9.17, 15) is 0 Å². The summed E-state index contributed by atoms with van der Waals surface area (Å²) in [5, 5.41) is 0. The summed E-state index contributed by atoms with van der Waals surface area (Å²) in [6, 6.07) is 10.5. The number of rotatable bonds is 7. The molecule has 1 aromatic carbocycles. The van der Waals surface area contributed by atoms with E-state index in [2.05, 4.69) is 31.2 Å². The maximum Gasteiger partial charge on any atom is 0.0464 e. The van der Waals surface area contributed by atoms with Gasteiger partial charge in [0.05, 0.1) is 0 Å². The van der Waals surface area contributed by atoms with E-state index in [0.717, 1.165) is 26.0 Å². The molecule has 16 heavy (non-hydrogen) atoms. The molecule has 0 aliphatic heterocycles. The number of benzene rings is 1. The largest absolute Gasteiger partial charge is 0.385 e. The van der Waals surface area contributed by atoms with Crippen LogP contribution in [0.4, 0.5) is 0 Å². The summed E-state index contributed by atoms with van der Waals surface area (Å²) in [5.41, 5.74) is 7.21. The Morgan fingerprint density at radius 2 is 1.94 bits per heavy atom. The van der Waals surface area contributed by atoms with Crippen molar-refractivity contribution >= 4 is 0 Å². The van der Waals surface area contributed by atoms with E-state index in [1.807, 2.05) is 6.07 Å². The highest BCUT2D eigenvalue weighted by Gasteiger charge is 2.13. The normalized spacial score (nSPS) is 14.7. The molecule has 1 rings (SSSR count). The molecule has 0 saturated carbocycles. The van der Waals surface area contributed by atoms with Gasteiger partial charge in [0.15, 0.2) is 0 Å². The van der Waals surface area contributed by atoms with Crippen molar-refractivity contribution in [3.05, 3.63) is 35.9 Å². The monoisotopic (exact) mass is 221 g/mol. The Labute approximate surface area is 98.8 Å². The Morgan fingerprint density at radius 3 is 2.50 bits per heavy atom. The van der Waals surface area contributed by atoms with Crippen LogP contribution in [0.5, 0.6) is 0 Å². The van der Waals surface area contributed by atoms with Crippen LogP contribution in [-0.2, 0) is 4.74 Å². The number of methoxy groups -OCH3 is 1. The minimum absolute atomic E-state index is 0.480. The molecule has 0 amide bonds. The maximum atomic E-state index is 5.85. The molecule has 2 N–H and O–H groups in total. The van der Waals surface area contributed by atoms with Crippen molar-refractivity contribution in [3.8, 4) is 0 Å². The van der Waals surface area contributed by atoms with Crippen LogP contribution in [0, 0.1) is 5.92 Å². The van der Waals surface area contributed by atoms with Crippen molar-refractivity contribution in [2.45, 2.75) is 25.7 Å². The zero-order valence-electron chi connectivity index (χ0n) is 10.4. The van der Waals surface area contributed by atoms with E-state index >= 15 is 0 Å². The molecule has 0 bridgehead atoms. The predicted octanol–water partition coefficient (Wildman–Crippen LogP) is 2.79. The van der Waals surface area contributed by atoms with Gasteiger partial charge in [-0.05, 0) is 36.8 Å². The fraction of sp³-hybridized carbons (Fsp3) is 0.571. The minimum atomic E-state index is 0.480. The molecule has 2 atom stereocenters. The van der Waals surface area contributed by atoms with E-state index in [1.54, 1.807) is 7.11 Å². The lowest BCUT2D eigenvalue weighted by molar-refractivity contribution is 0.176. The van der Waals surface area contributed by atoms with E-state index in [-0.39, 0.29) is 0 Å². The van der Waals surface area contributed by atoms with Crippen molar-refractivity contribution in [3.63, 3.8) is 0 Å². The van der Waals surface area contributed by atoms with Crippen LogP contribution in [0.15, 0.2) is 30.3 Å². The lowest BCUT2D eigenvalue weighted by Gasteiger charge is -2.19. The number of nitrogens with two attached hydrogens (primary N) is 1. The Morgan fingerprint density at radius 1 is 1.25 bits per heavy atom. The fourth-order valence-electron chi connectivity index (χ4n) is 2.02. The molecule has 0 saturated heterocycles. The first kappa shape index (κ1) is 13.2. The van der Waals surface area contributed by atoms with Gasteiger partial charge in [0.1, 0.15) is 0 Å². The van der Waals surface area contributed by atoms with Crippen molar-refractivity contribution in [1.82, 2.24) is 0 Å². The standard InChI is InChI=1S/C14H23NO/c1-12(8-9-16-2)10-14(11-15)13-6-4-3-5-7-13/h3-7,12,14H,8-11,15H2,1-2H3. The molecule has 0 aromatic heterocycles. The Hall–Kier alpha value is -0.860. The Balaban J connectivity index is 2.49. The smallest absolute Gasteiger partial charge is 0.0464 e. The van der Waals surface area contributed by atoms with Crippen molar-refractivity contribution in [2.24, 2.45) is 11.7 Å². The molecule has 0 fully saturated rings. The molecule has 0 aliphatic carbocycles. The maximum absolute atomic E-state index is 5.85. The molecule has 2 nitrogen and oxygen atoms in total. The van der Waals surface area contributed by atoms with E-state index in [1.165, 1.54) is 5.56 Å². The minimum Gasteiger partial charge on any atom is -0.385 e. The first-order valence-corrected chi connectivity index (χ1v) is 6.01. The highest BCUT2D eigenvalue weighted by atomic mass is 16.5. The van der Waals surface area contributed by atoms with Crippen LogP contribution in [0.1, 0.15) is 31.2 Å². The van der Waals surface area contributed by atoms with Crippen molar-refractivity contribution in [1.29, 1.82) is 0 Å². The zero-order valence-corrected chi connectivity index (χ0v) is 10.4. The van der Waals surface area contributed by atoms with Crippen LogP contribution in [0.2, 0.25) is 0 Å². The molecule has 0 spiro atoms. The van der Waals surface area contributed by atoms with E-state index < -0.39 is 0 Å². The summed E-state index contributed by atoms with van der Waals surface area (Å²) in [6.07, 6.45) is 2.25. The Kier molecular flexibility index (Phi) is 6.12. The van der Waals surface area contributed by atoms with Crippen LogP contribution in [-0.4, -0.2) is 20.3 Å². The van der Waals surface area contributed by atoms with Gasteiger partial charge in [-0.3, -0.25) is 0 Å². The summed E-state index contributed by atoms with van der Waals surface area (Å²) in [4.78, 5) is 0. The summed E-state index contributed by atoms with van der Waals surface area (Å²) < 4.78 is 5.10. The second-order valence-electron chi connectivity index (χ2n) is 4.47. The third-order valence-corrected chi connectivity index (χ3v) is 3.06. The van der Waals surface area contributed by atoms with Gasteiger partial charge in [0.2, 0.25) is 0 Å². The average molecular weight is 221 g/mol. The quantitative estimate of drug-likeness (QED) is 0.768. The first-order chi connectivity index (χ1) is 7.77. The first-order valence-electron chi connectivity index (χ1n) is 6.01. The summed E-state index contributed by atoms with van der Waals surface area (Å²) in [6.45, 7) is 3.83. The van der Waals surface area contributed by atoms with Gasteiger partial charge in [0.25, 0.3) is 0 Å². The predicted molar refractivity (Wildman–Crippen MR) is 68.5 cm³/mol. The molecule has 2 heteroatoms. The van der Waals surface area contributed by atoms with Crippen molar-refractivity contribution in [2.75, 3.05) is 20.3 Å². The van der Waals surface area contributed by atoms with E-state index in [4.69, 9.17) is 10.5 Å². The molecular weight excluding hydrogens is 198 g/mol. The van der Waals surface area contributed by atoms with Gasteiger partial charge in [0, 0.05) is 13.7 Å². The molecule has 0 radical (unpaired) electrons. The lowest BCUT2D eigenvalue weighted by Crippen LogP contribution is -2.16. The SMILES string of the molecule is COCCC(C)CC(CN)c1ccccc1. The van der Waals surface area contributed by atoms with Gasteiger partial charge in [-0.1, -0.05) is 37.3 Å². The summed E-state index contributed by atoms with van der Waals surface area (Å²) in [5.74, 6) is 1.14. The number of hydrogen-bond donors (Lipinski definition) is 1. The third-order valence-electron chi connectivity index (χ3n) is 3.06. The van der Waals surface area contributed by atoms with Gasteiger partial charge >= 0.3 is 0 Å². The molecular formula is C14H23NO.